The zero-order chi connectivity index (χ0) is 13.7. The zero-order valence-corrected chi connectivity index (χ0v) is 11.2. The third kappa shape index (κ3) is 3.47. The molecule has 0 aliphatic heterocycles. The normalized spacial score (nSPS) is 10.2. The van der Waals surface area contributed by atoms with Crippen LogP contribution in [0.2, 0.25) is 0 Å². The summed E-state index contributed by atoms with van der Waals surface area (Å²) in [5.74, 6) is -0.668. The Morgan fingerprint density at radius 3 is 2.72 bits per heavy atom. The number of rotatable bonds is 4. The van der Waals surface area contributed by atoms with Crippen molar-refractivity contribution in [3.05, 3.63) is 29.6 Å². The summed E-state index contributed by atoms with van der Waals surface area (Å²) in [6.45, 7) is 4.12. The maximum absolute atomic E-state index is 13.1. The van der Waals surface area contributed by atoms with Crippen molar-refractivity contribution in [2.24, 2.45) is 0 Å². The Labute approximate surface area is 112 Å². The Balaban J connectivity index is 2.95. The minimum Gasteiger partial charge on any atom is -0.335 e. The SMILES string of the molecule is CC(C)N(CCC#N)C(=O)c1ccc(F)c(S)c1. The van der Waals surface area contributed by atoms with Gasteiger partial charge in [-0.3, -0.25) is 4.79 Å². The van der Waals surface area contributed by atoms with Crippen molar-refractivity contribution in [1.82, 2.24) is 4.90 Å². The van der Waals surface area contributed by atoms with Crippen molar-refractivity contribution >= 4 is 18.5 Å². The number of hydrogen-bond donors (Lipinski definition) is 1. The van der Waals surface area contributed by atoms with Gasteiger partial charge in [0.15, 0.2) is 0 Å². The van der Waals surface area contributed by atoms with E-state index in [2.05, 4.69) is 12.6 Å². The Morgan fingerprint density at radius 1 is 1.56 bits per heavy atom. The fourth-order valence-electron chi connectivity index (χ4n) is 1.58. The van der Waals surface area contributed by atoms with Crippen LogP contribution in [0.5, 0.6) is 0 Å². The smallest absolute Gasteiger partial charge is 0.254 e. The van der Waals surface area contributed by atoms with E-state index in [-0.39, 0.29) is 23.3 Å². The Kier molecular flexibility index (Phi) is 5.17. The number of halogens is 1. The van der Waals surface area contributed by atoms with Gasteiger partial charge in [0.1, 0.15) is 5.82 Å². The van der Waals surface area contributed by atoms with Crippen LogP contribution in [0.4, 0.5) is 4.39 Å². The second-order valence-electron chi connectivity index (χ2n) is 4.17. The van der Waals surface area contributed by atoms with Crippen LogP contribution in [0, 0.1) is 17.1 Å². The van der Waals surface area contributed by atoms with E-state index in [0.29, 0.717) is 12.1 Å². The second-order valence-corrected chi connectivity index (χ2v) is 4.65. The van der Waals surface area contributed by atoms with E-state index in [4.69, 9.17) is 5.26 Å². The van der Waals surface area contributed by atoms with E-state index in [1.54, 1.807) is 4.90 Å². The first-order chi connectivity index (χ1) is 8.47. The van der Waals surface area contributed by atoms with Gasteiger partial charge in [-0.15, -0.1) is 12.6 Å². The predicted octanol–water partition coefficient (Wildman–Crippen LogP) is 2.88. The highest BCUT2D eigenvalue weighted by Gasteiger charge is 2.19. The second kappa shape index (κ2) is 6.41. The molecule has 0 atom stereocenters. The average molecular weight is 266 g/mol. The van der Waals surface area contributed by atoms with Crippen molar-refractivity contribution in [3.63, 3.8) is 0 Å². The maximum Gasteiger partial charge on any atom is 0.254 e. The van der Waals surface area contributed by atoms with Crippen molar-refractivity contribution in [2.45, 2.75) is 31.2 Å². The third-order valence-corrected chi connectivity index (χ3v) is 2.88. The first-order valence-electron chi connectivity index (χ1n) is 5.63. The fourth-order valence-corrected chi connectivity index (χ4v) is 1.79. The molecule has 3 nitrogen and oxygen atoms in total. The quantitative estimate of drug-likeness (QED) is 0.852. The number of carbonyl (C=O) groups is 1. The van der Waals surface area contributed by atoms with Gasteiger partial charge >= 0.3 is 0 Å². The van der Waals surface area contributed by atoms with Gasteiger partial charge in [0.2, 0.25) is 0 Å². The van der Waals surface area contributed by atoms with Crippen molar-refractivity contribution in [2.75, 3.05) is 6.54 Å². The molecule has 1 aromatic rings. The molecule has 1 aromatic carbocycles. The van der Waals surface area contributed by atoms with E-state index in [9.17, 15) is 9.18 Å². The number of nitrogens with zero attached hydrogens (tertiary/aromatic N) is 2. The maximum atomic E-state index is 13.1. The number of nitriles is 1. The molecule has 0 heterocycles. The standard InChI is InChI=1S/C13H15FN2OS/c1-9(2)16(7-3-6-15)13(17)10-4-5-11(14)12(18)8-10/h4-5,8-9,18H,3,7H2,1-2H3. The third-order valence-electron chi connectivity index (χ3n) is 2.54. The summed E-state index contributed by atoms with van der Waals surface area (Å²) >= 11 is 3.95. The van der Waals surface area contributed by atoms with Crippen LogP contribution in [0.1, 0.15) is 30.6 Å². The monoisotopic (exact) mass is 266 g/mol. The predicted molar refractivity (Wildman–Crippen MR) is 70.1 cm³/mol. The van der Waals surface area contributed by atoms with E-state index in [1.807, 2.05) is 19.9 Å². The molecule has 18 heavy (non-hydrogen) atoms. The van der Waals surface area contributed by atoms with Gasteiger partial charge in [-0.25, -0.2) is 4.39 Å². The summed E-state index contributed by atoms with van der Waals surface area (Å²) < 4.78 is 13.1. The van der Waals surface area contributed by atoms with Crippen molar-refractivity contribution in [3.8, 4) is 6.07 Å². The zero-order valence-electron chi connectivity index (χ0n) is 10.4. The Morgan fingerprint density at radius 2 is 2.22 bits per heavy atom. The summed E-state index contributed by atoms with van der Waals surface area (Å²) in [6.07, 6.45) is 0.277. The Hall–Kier alpha value is -1.54. The summed E-state index contributed by atoms with van der Waals surface area (Å²) in [5, 5.41) is 8.58. The molecular formula is C13H15FN2OS. The number of hydrogen-bond acceptors (Lipinski definition) is 3. The van der Waals surface area contributed by atoms with Gasteiger partial charge in [0.25, 0.3) is 5.91 Å². The van der Waals surface area contributed by atoms with Crippen molar-refractivity contribution < 1.29 is 9.18 Å². The highest BCUT2D eigenvalue weighted by molar-refractivity contribution is 7.80. The molecule has 0 fully saturated rings. The number of amides is 1. The first-order valence-corrected chi connectivity index (χ1v) is 6.08. The average Bonchev–Trinajstić information content (AvgIpc) is 2.32. The minimum atomic E-state index is -0.456. The van der Waals surface area contributed by atoms with Gasteiger partial charge in [-0.05, 0) is 32.0 Å². The summed E-state index contributed by atoms with van der Waals surface area (Å²) in [4.78, 5) is 13.9. The molecule has 0 aliphatic rings. The van der Waals surface area contributed by atoms with Crippen LogP contribution in [-0.2, 0) is 0 Å². The molecule has 0 radical (unpaired) electrons. The molecule has 0 spiro atoms. The minimum absolute atomic E-state index is 0.0146. The molecule has 0 N–H and O–H groups in total. The number of benzene rings is 1. The van der Waals surface area contributed by atoms with Gasteiger partial charge < -0.3 is 4.90 Å². The molecule has 0 unspecified atom stereocenters. The van der Waals surface area contributed by atoms with E-state index < -0.39 is 5.82 Å². The molecule has 96 valence electrons. The summed E-state index contributed by atoms with van der Waals surface area (Å²) in [5.41, 5.74) is 0.382. The van der Waals surface area contributed by atoms with Crippen LogP contribution >= 0.6 is 12.6 Å². The topological polar surface area (TPSA) is 44.1 Å². The van der Waals surface area contributed by atoms with E-state index in [0.717, 1.165) is 0 Å². The summed E-state index contributed by atoms with van der Waals surface area (Å²) in [6, 6.07) is 6.05. The van der Waals surface area contributed by atoms with Gasteiger partial charge in [-0.1, -0.05) is 0 Å². The Bertz CT molecular complexity index is 482. The van der Waals surface area contributed by atoms with Crippen LogP contribution in [0.3, 0.4) is 0 Å². The van der Waals surface area contributed by atoms with Crippen LogP contribution in [0.15, 0.2) is 23.1 Å². The van der Waals surface area contributed by atoms with Crippen molar-refractivity contribution in [1.29, 1.82) is 5.26 Å². The molecule has 0 saturated carbocycles. The molecule has 0 bridgehead atoms. The van der Waals surface area contributed by atoms with Crippen LogP contribution < -0.4 is 0 Å². The molecule has 0 aliphatic carbocycles. The molecular weight excluding hydrogens is 251 g/mol. The number of thiol groups is 1. The van der Waals surface area contributed by atoms with Gasteiger partial charge in [0.05, 0.1) is 12.5 Å². The fraction of sp³-hybridized carbons (Fsp3) is 0.385. The largest absolute Gasteiger partial charge is 0.335 e. The first kappa shape index (κ1) is 14.5. The molecule has 0 aromatic heterocycles. The lowest BCUT2D eigenvalue weighted by Crippen LogP contribution is -2.37. The van der Waals surface area contributed by atoms with Crippen LogP contribution in [-0.4, -0.2) is 23.4 Å². The lowest BCUT2D eigenvalue weighted by molar-refractivity contribution is 0.0710. The van der Waals surface area contributed by atoms with E-state index >= 15 is 0 Å². The highest BCUT2D eigenvalue weighted by Crippen LogP contribution is 2.16. The molecule has 5 heteroatoms. The molecule has 1 amide bonds. The van der Waals surface area contributed by atoms with Gasteiger partial charge in [-0.2, -0.15) is 5.26 Å². The highest BCUT2D eigenvalue weighted by atomic mass is 32.1. The lowest BCUT2D eigenvalue weighted by atomic mass is 10.1. The van der Waals surface area contributed by atoms with Gasteiger partial charge in [0, 0.05) is 23.0 Å². The summed E-state index contributed by atoms with van der Waals surface area (Å²) in [7, 11) is 0. The number of carbonyl (C=O) groups excluding carboxylic acids is 1. The van der Waals surface area contributed by atoms with E-state index in [1.165, 1.54) is 18.2 Å². The lowest BCUT2D eigenvalue weighted by Gasteiger charge is -2.26. The molecule has 1 rings (SSSR count). The van der Waals surface area contributed by atoms with Crippen LogP contribution in [0.25, 0.3) is 0 Å². The molecule has 0 saturated heterocycles.